The predicted molar refractivity (Wildman–Crippen MR) is 51.5 cm³/mol. The fourth-order valence-electron chi connectivity index (χ4n) is 1.22. The average Bonchev–Trinajstić information content (AvgIpc) is 2.16. The number of nitrogens with two attached hydrogens (primary N) is 1. The van der Waals surface area contributed by atoms with Gasteiger partial charge in [0.2, 0.25) is 0 Å². The summed E-state index contributed by atoms with van der Waals surface area (Å²) in [4.78, 5) is 12.3. The lowest BCUT2D eigenvalue weighted by Gasteiger charge is -2.28. The highest BCUT2D eigenvalue weighted by Gasteiger charge is 2.16. The molecule has 0 aromatic rings. The zero-order valence-electron chi connectivity index (χ0n) is 7.86. The minimum atomic E-state index is -0.407. The molecule has 0 saturated carbocycles. The third-order valence-electron chi connectivity index (χ3n) is 2.05. The molecule has 0 radical (unpaired) electrons. The molecule has 1 aliphatic rings. The fourth-order valence-corrected chi connectivity index (χ4v) is 1.22. The predicted octanol–water partition coefficient (Wildman–Crippen LogP) is 0.542. The number of unbranched alkanes of at least 4 members (excludes halogenated alkanes) is 1. The second-order valence-electron chi connectivity index (χ2n) is 3.15. The minimum Gasteiger partial charge on any atom is -0.363 e. The van der Waals surface area contributed by atoms with Crippen LogP contribution in [0.2, 0.25) is 0 Å². The van der Waals surface area contributed by atoms with Gasteiger partial charge in [-0.2, -0.15) is 0 Å². The van der Waals surface area contributed by atoms with Gasteiger partial charge in [0, 0.05) is 12.7 Å². The Morgan fingerprint density at radius 3 is 3.23 bits per heavy atom. The lowest BCUT2D eigenvalue weighted by atomic mass is 10.3. The van der Waals surface area contributed by atoms with Crippen LogP contribution in [0.1, 0.15) is 19.8 Å². The van der Waals surface area contributed by atoms with Gasteiger partial charge in [0.25, 0.3) is 0 Å². The van der Waals surface area contributed by atoms with Crippen molar-refractivity contribution in [3.63, 3.8) is 0 Å². The van der Waals surface area contributed by atoms with Crippen molar-refractivity contribution in [1.82, 2.24) is 10.2 Å². The van der Waals surface area contributed by atoms with E-state index in [9.17, 15) is 4.91 Å². The van der Waals surface area contributed by atoms with Crippen molar-refractivity contribution in [2.75, 3.05) is 13.2 Å². The van der Waals surface area contributed by atoms with Gasteiger partial charge >= 0.3 is 0 Å². The van der Waals surface area contributed by atoms with Crippen LogP contribution in [0, 0.1) is 4.91 Å². The van der Waals surface area contributed by atoms with Crippen LogP contribution in [0.25, 0.3) is 0 Å². The van der Waals surface area contributed by atoms with E-state index in [4.69, 9.17) is 5.73 Å². The van der Waals surface area contributed by atoms with Crippen LogP contribution in [0.15, 0.2) is 17.1 Å². The zero-order valence-corrected chi connectivity index (χ0v) is 7.86. The lowest BCUT2D eigenvalue weighted by molar-refractivity contribution is 0.296. The average molecular weight is 184 g/mol. The summed E-state index contributed by atoms with van der Waals surface area (Å²) in [6, 6.07) is 0. The van der Waals surface area contributed by atoms with Crippen molar-refractivity contribution in [3.8, 4) is 0 Å². The van der Waals surface area contributed by atoms with E-state index in [-0.39, 0.29) is 0 Å². The van der Waals surface area contributed by atoms with Gasteiger partial charge in [-0.05, 0) is 11.6 Å². The summed E-state index contributed by atoms with van der Waals surface area (Å²) in [6.45, 7) is 3.77. The van der Waals surface area contributed by atoms with E-state index in [0.29, 0.717) is 12.4 Å². The van der Waals surface area contributed by atoms with E-state index in [1.807, 2.05) is 4.90 Å². The van der Waals surface area contributed by atoms with Gasteiger partial charge in [-0.15, -0.1) is 4.91 Å². The molecule has 13 heavy (non-hydrogen) atoms. The molecular weight excluding hydrogens is 168 g/mol. The Hall–Kier alpha value is -0.940. The largest absolute Gasteiger partial charge is 0.363 e. The summed E-state index contributed by atoms with van der Waals surface area (Å²) >= 11 is 0. The number of rotatable bonds is 4. The Morgan fingerprint density at radius 2 is 2.62 bits per heavy atom. The summed E-state index contributed by atoms with van der Waals surface area (Å²) in [6.07, 6.45) is 3.58. The molecule has 1 unspecified atom stereocenters. The smallest absolute Gasteiger partial charge is 0.132 e. The molecule has 5 nitrogen and oxygen atoms in total. The molecule has 1 rings (SSSR count). The molecule has 0 aromatic carbocycles. The highest BCUT2D eigenvalue weighted by molar-refractivity contribution is 5.09. The Morgan fingerprint density at radius 1 is 1.85 bits per heavy atom. The summed E-state index contributed by atoms with van der Waals surface area (Å²) in [5.74, 6) is 0. The summed E-state index contributed by atoms with van der Waals surface area (Å²) in [7, 11) is 0. The third kappa shape index (κ3) is 2.78. The standard InChI is InChI=1S/C8H16N4O/c1-2-3-4-12-5-7(11-13)8(9)10-6-12/h5,8,10H,2-4,6,9H2,1H3. The van der Waals surface area contributed by atoms with Crippen molar-refractivity contribution in [2.24, 2.45) is 10.9 Å². The first-order valence-corrected chi connectivity index (χ1v) is 4.56. The first-order chi connectivity index (χ1) is 6.27. The van der Waals surface area contributed by atoms with Crippen LogP contribution in [0.4, 0.5) is 0 Å². The second-order valence-corrected chi connectivity index (χ2v) is 3.15. The van der Waals surface area contributed by atoms with Crippen LogP contribution >= 0.6 is 0 Å². The maximum absolute atomic E-state index is 10.3. The molecule has 0 bridgehead atoms. The second kappa shape index (κ2) is 4.94. The first-order valence-electron chi connectivity index (χ1n) is 4.56. The third-order valence-corrected chi connectivity index (χ3v) is 2.05. The Balaban J connectivity index is 2.50. The fraction of sp³-hybridized carbons (Fsp3) is 0.750. The van der Waals surface area contributed by atoms with E-state index in [1.54, 1.807) is 6.20 Å². The maximum Gasteiger partial charge on any atom is 0.132 e. The van der Waals surface area contributed by atoms with Crippen LogP contribution in [0.5, 0.6) is 0 Å². The molecule has 1 atom stereocenters. The van der Waals surface area contributed by atoms with Crippen molar-refractivity contribution < 1.29 is 0 Å². The molecule has 0 aromatic heterocycles. The van der Waals surface area contributed by atoms with Gasteiger partial charge in [0.05, 0.1) is 6.67 Å². The molecule has 1 aliphatic heterocycles. The van der Waals surface area contributed by atoms with Gasteiger partial charge in [0.1, 0.15) is 11.9 Å². The van der Waals surface area contributed by atoms with E-state index in [0.717, 1.165) is 19.4 Å². The summed E-state index contributed by atoms with van der Waals surface area (Å²) < 4.78 is 0. The Bertz CT molecular complexity index is 204. The van der Waals surface area contributed by atoms with Gasteiger partial charge in [-0.3, -0.25) is 5.32 Å². The molecule has 0 saturated heterocycles. The highest BCUT2D eigenvalue weighted by atomic mass is 16.3. The normalized spacial score (nSPS) is 22.8. The van der Waals surface area contributed by atoms with Crippen LogP contribution in [-0.4, -0.2) is 24.3 Å². The summed E-state index contributed by atoms with van der Waals surface area (Å²) in [5, 5.41) is 5.85. The quantitative estimate of drug-likeness (QED) is 0.626. The SMILES string of the molecule is CCCCN1C=C(N=O)C(N)NC1. The lowest BCUT2D eigenvalue weighted by Crippen LogP contribution is -2.48. The highest BCUT2D eigenvalue weighted by Crippen LogP contribution is 2.08. The van der Waals surface area contributed by atoms with Gasteiger partial charge in [-0.1, -0.05) is 13.3 Å². The number of hydrogen-bond acceptors (Lipinski definition) is 5. The molecule has 0 spiro atoms. The van der Waals surface area contributed by atoms with Gasteiger partial charge in [-0.25, -0.2) is 0 Å². The molecule has 74 valence electrons. The number of hydrogen-bond donors (Lipinski definition) is 2. The molecule has 0 aliphatic carbocycles. The molecule has 5 heteroatoms. The maximum atomic E-state index is 10.3. The number of nitrogens with one attached hydrogen (secondary N) is 1. The Labute approximate surface area is 77.9 Å². The number of nitrogens with zero attached hydrogens (tertiary/aromatic N) is 2. The van der Waals surface area contributed by atoms with E-state index < -0.39 is 6.17 Å². The monoisotopic (exact) mass is 184 g/mol. The van der Waals surface area contributed by atoms with Gasteiger partial charge in [0.15, 0.2) is 0 Å². The van der Waals surface area contributed by atoms with Crippen LogP contribution in [0.3, 0.4) is 0 Å². The van der Waals surface area contributed by atoms with Crippen LogP contribution < -0.4 is 11.1 Å². The molecule has 0 fully saturated rings. The first kappa shape index (κ1) is 10.1. The van der Waals surface area contributed by atoms with Crippen molar-refractivity contribution >= 4 is 0 Å². The van der Waals surface area contributed by atoms with E-state index >= 15 is 0 Å². The molecule has 1 heterocycles. The molecule has 3 N–H and O–H groups in total. The van der Waals surface area contributed by atoms with Crippen molar-refractivity contribution in [2.45, 2.75) is 25.9 Å². The Kier molecular flexibility index (Phi) is 3.85. The number of nitroso groups, excluding NO2 is 1. The molecule has 0 amide bonds. The topological polar surface area (TPSA) is 70.7 Å². The van der Waals surface area contributed by atoms with E-state index in [1.165, 1.54) is 0 Å². The van der Waals surface area contributed by atoms with Gasteiger partial charge < -0.3 is 10.6 Å². The van der Waals surface area contributed by atoms with Crippen molar-refractivity contribution in [1.29, 1.82) is 0 Å². The minimum absolute atomic E-state index is 0.377. The summed E-state index contributed by atoms with van der Waals surface area (Å²) in [5.41, 5.74) is 5.96. The zero-order chi connectivity index (χ0) is 9.68. The van der Waals surface area contributed by atoms with E-state index in [2.05, 4.69) is 17.4 Å². The molecular formula is C8H16N4O. The van der Waals surface area contributed by atoms with Crippen molar-refractivity contribution in [3.05, 3.63) is 16.8 Å². The van der Waals surface area contributed by atoms with Crippen LogP contribution in [-0.2, 0) is 0 Å².